The Bertz CT molecular complexity index is 1290. The number of aryl methyl sites for hydroxylation is 1. The highest BCUT2D eigenvalue weighted by Crippen LogP contribution is 2.33. The number of alkyl halides is 3. The second kappa shape index (κ2) is 9.89. The summed E-state index contributed by atoms with van der Waals surface area (Å²) in [5.41, 5.74) is 1.71. The van der Waals surface area contributed by atoms with Crippen LogP contribution in [0.4, 0.5) is 13.2 Å². The number of benzene rings is 2. The average Bonchev–Trinajstić information content (AvgIpc) is 3.37. The lowest BCUT2D eigenvalue weighted by atomic mass is 10.1. The summed E-state index contributed by atoms with van der Waals surface area (Å²) in [6.07, 6.45) is -0.273. The van der Waals surface area contributed by atoms with E-state index in [0.29, 0.717) is 29.3 Å². The number of hydrogen-bond acceptors (Lipinski definition) is 4. The zero-order valence-corrected chi connectivity index (χ0v) is 19.2. The largest absolute Gasteiger partial charge is 0.493 e. The van der Waals surface area contributed by atoms with Gasteiger partial charge >= 0.3 is 12.1 Å². The Kier molecular flexibility index (Phi) is 6.92. The molecule has 178 valence electrons. The van der Waals surface area contributed by atoms with Crippen molar-refractivity contribution in [2.75, 3.05) is 6.61 Å². The minimum Gasteiger partial charge on any atom is -0.493 e. The van der Waals surface area contributed by atoms with Crippen molar-refractivity contribution < 1.29 is 27.8 Å². The van der Waals surface area contributed by atoms with E-state index in [1.165, 1.54) is 23.5 Å². The summed E-state index contributed by atoms with van der Waals surface area (Å²) < 4.78 is 46.2. The van der Waals surface area contributed by atoms with Gasteiger partial charge in [0.15, 0.2) is 0 Å². The van der Waals surface area contributed by atoms with Gasteiger partial charge in [0.05, 0.1) is 17.9 Å². The molecular weight excluding hydrogens is 465 g/mol. The van der Waals surface area contributed by atoms with Crippen LogP contribution in [0.5, 0.6) is 5.75 Å². The molecule has 1 N–H and O–H groups in total. The quantitative estimate of drug-likeness (QED) is 0.294. The second-order valence-corrected chi connectivity index (χ2v) is 8.95. The van der Waals surface area contributed by atoms with Crippen LogP contribution in [-0.2, 0) is 30.4 Å². The fourth-order valence-electron chi connectivity index (χ4n) is 3.74. The third-order valence-corrected chi connectivity index (χ3v) is 6.58. The highest BCUT2D eigenvalue weighted by Gasteiger charge is 2.30. The lowest BCUT2D eigenvalue weighted by molar-refractivity contribution is -0.138. The van der Waals surface area contributed by atoms with E-state index in [0.717, 1.165) is 46.4 Å². The number of halogens is 3. The summed E-state index contributed by atoms with van der Waals surface area (Å²) in [6.45, 7) is 2.37. The monoisotopic (exact) mass is 488 g/mol. The van der Waals surface area contributed by atoms with Gasteiger partial charge in [0.1, 0.15) is 17.3 Å². The van der Waals surface area contributed by atoms with Crippen LogP contribution < -0.4 is 4.74 Å². The van der Waals surface area contributed by atoms with Gasteiger partial charge in [-0.15, -0.1) is 11.3 Å². The number of fused-ring (bicyclic) bond motifs is 1. The molecule has 4 rings (SSSR count). The molecule has 9 heteroatoms. The van der Waals surface area contributed by atoms with Crippen molar-refractivity contribution in [3.05, 3.63) is 70.9 Å². The van der Waals surface area contributed by atoms with E-state index in [1.807, 2.05) is 24.3 Å². The van der Waals surface area contributed by atoms with E-state index in [-0.39, 0.29) is 6.54 Å². The first-order valence-electron chi connectivity index (χ1n) is 10.8. The van der Waals surface area contributed by atoms with Crippen molar-refractivity contribution in [3.63, 3.8) is 0 Å². The summed E-state index contributed by atoms with van der Waals surface area (Å²) in [7, 11) is 0. The van der Waals surface area contributed by atoms with Gasteiger partial charge in [0.25, 0.3) is 0 Å². The average molecular weight is 489 g/mol. The van der Waals surface area contributed by atoms with Crippen molar-refractivity contribution in [3.8, 4) is 16.3 Å². The van der Waals surface area contributed by atoms with Gasteiger partial charge in [-0.2, -0.15) is 13.2 Å². The molecule has 2 heterocycles. The van der Waals surface area contributed by atoms with E-state index >= 15 is 0 Å². The molecule has 2 aromatic carbocycles. The van der Waals surface area contributed by atoms with Crippen LogP contribution >= 0.6 is 11.3 Å². The van der Waals surface area contributed by atoms with Gasteiger partial charge in [-0.25, -0.2) is 4.98 Å². The third kappa shape index (κ3) is 5.41. The number of carboxylic acid groups (broad SMARTS) is 1. The van der Waals surface area contributed by atoms with Crippen molar-refractivity contribution in [1.82, 2.24) is 9.55 Å². The first kappa shape index (κ1) is 23.8. The van der Waals surface area contributed by atoms with Crippen molar-refractivity contribution in [2.24, 2.45) is 0 Å². The lowest BCUT2D eigenvalue weighted by Crippen LogP contribution is -2.07. The van der Waals surface area contributed by atoms with Crippen LogP contribution in [0.25, 0.3) is 21.5 Å². The molecule has 0 aliphatic heterocycles. The van der Waals surface area contributed by atoms with Crippen LogP contribution in [0.3, 0.4) is 0 Å². The molecule has 0 fully saturated rings. The Morgan fingerprint density at radius 2 is 1.88 bits per heavy atom. The smallest absolute Gasteiger partial charge is 0.416 e. The molecule has 0 saturated carbocycles. The summed E-state index contributed by atoms with van der Waals surface area (Å²) in [4.78, 5) is 16.8. The van der Waals surface area contributed by atoms with Crippen LogP contribution in [-0.4, -0.2) is 27.2 Å². The summed E-state index contributed by atoms with van der Waals surface area (Å²) in [6, 6.07) is 12.4. The molecule has 5 nitrogen and oxygen atoms in total. The van der Waals surface area contributed by atoms with E-state index in [9.17, 15) is 18.0 Å². The Morgan fingerprint density at radius 3 is 2.56 bits per heavy atom. The number of aromatic nitrogens is 2. The van der Waals surface area contributed by atoms with Gasteiger partial charge in [-0.1, -0.05) is 25.5 Å². The molecule has 0 bridgehead atoms. The highest BCUT2D eigenvalue weighted by molar-refractivity contribution is 7.15. The number of hydrogen-bond donors (Lipinski definition) is 1. The number of rotatable bonds is 9. The molecule has 0 unspecified atom stereocenters. The Hall–Kier alpha value is -3.33. The summed E-state index contributed by atoms with van der Waals surface area (Å²) >= 11 is 1.51. The first-order chi connectivity index (χ1) is 16.2. The number of ether oxygens (including phenoxy) is 1. The van der Waals surface area contributed by atoms with Gasteiger partial charge in [-0.3, -0.25) is 4.79 Å². The zero-order valence-electron chi connectivity index (χ0n) is 18.4. The molecule has 0 aliphatic carbocycles. The molecule has 0 saturated heterocycles. The van der Waals surface area contributed by atoms with Gasteiger partial charge in [0, 0.05) is 34.0 Å². The Labute approximate surface area is 198 Å². The fraction of sp³-hybridized carbons (Fsp3) is 0.280. The molecule has 0 atom stereocenters. The number of aliphatic carboxylic acids is 1. The predicted molar refractivity (Wildman–Crippen MR) is 125 cm³/mol. The number of carboxylic acids is 1. The van der Waals surface area contributed by atoms with Crippen LogP contribution in [0.2, 0.25) is 0 Å². The molecule has 0 spiro atoms. The van der Waals surface area contributed by atoms with Crippen LogP contribution in [0, 0.1) is 0 Å². The molecule has 4 aromatic rings. The molecule has 2 aromatic heterocycles. The maximum absolute atomic E-state index is 12.9. The fourth-order valence-corrected chi connectivity index (χ4v) is 4.96. The normalized spacial score (nSPS) is 11.8. The van der Waals surface area contributed by atoms with Gasteiger partial charge < -0.3 is 14.4 Å². The standard InChI is InChI=1S/C25H23F3N2O3S/c1-2-3-22-20(29-24(34-22)16-4-6-18(7-5-16)25(26,27)28)11-13-33-19-8-9-21-17(14-19)10-12-30(21)15-23(31)32/h4-10,12,14H,2-3,11,13,15H2,1H3,(H,31,32). The first-order valence-corrected chi connectivity index (χ1v) is 11.7. The van der Waals surface area contributed by atoms with Crippen molar-refractivity contribution >= 4 is 28.2 Å². The van der Waals surface area contributed by atoms with Gasteiger partial charge in [-0.05, 0) is 42.8 Å². The van der Waals surface area contributed by atoms with Gasteiger partial charge in [0.2, 0.25) is 0 Å². The number of nitrogens with zero attached hydrogens (tertiary/aromatic N) is 2. The van der Waals surface area contributed by atoms with Crippen molar-refractivity contribution in [1.29, 1.82) is 0 Å². The minimum atomic E-state index is -4.36. The molecule has 0 amide bonds. The zero-order chi connectivity index (χ0) is 24.3. The SMILES string of the molecule is CCCc1sc(-c2ccc(C(F)(F)F)cc2)nc1CCOc1ccc2c(ccn2CC(=O)O)c1. The highest BCUT2D eigenvalue weighted by atomic mass is 32.1. The Morgan fingerprint density at radius 1 is 1.12 bits per heavy atom. The molecular formula is C25H23F3N2O3S. The second-order valence-electron chi connectivity index (χ2n) is 7.87. The topological polar surface area (TPSA) is 64.4 Å². The maximum atomic E-state index is 12.9. The summed E-state index contributed by atoms with van der Waals surface area (Å²) in [5.74, 6) is -0.226. The predicted octanol–water partition coefficient (Wildman–Crippen LogP) is 6.44. The molecule has 34 heavy (non-hydrogen) atoms. The van der Waals surface area contributed by atoms with E-state index in [2.05, 4.69) is 6.92 Å². The minimum absolute atomic E-state index is 0.102. The van der Waals surface area contributed by atoms with E-state index < -0.39 is 17.7 Å². The third-order valence-electron chi connectivity index (χ3n) is 5.37. The van der Waals surface area contributed by atoms with Crippen molar-refractivity contribution in [2.45, 2.75) is 38.9 Å². The van der Waals surface area contributed by atoms with E-state index in [4.69, 9.17) is 14.8 Å². The maximum Gasteiger partial charge on any atom is 0.416 e. The molecule has 0 radical (unpaired) electrons. The number of carbonyl (C=O) groups is 1. The number of thiazole rings is 1. The summed E-state index contributed by atoms with van der Waals surface area (Å²) in [5, 5.41) is 10.6. The lowest BCUT2D eigenvalue weighted by Gasteiger charge is -2.07. The van der Waals surface area contributed by atoms with E-state index in [1.54, 1.807) is 10.8 Å². The molecule has 0 aliphatic rings. The van der Waals surface area contributed by atoms with Crippen LogP contribution in [0.1, 0.15) is 29.5 Å². The Balaban J connectivity index is 1.45. The van der Waals surface area contributed by atoms with Crippen LogP contribution in [0.15, 0.2) is 54.7 Å².